The van der Waals surface area contributed by atoms with Gasteiger partial charge in [-0.1, -0.05) is 12.1 Å². The Morgan fingerprint density at radius 1 is 1.16 bits per heavy atom. The number of hydrogen-bond donors (Lipinski definition) is 2. The Balaban J connectivity index is 1.90. The van der Waals surface area contributed by atoms with Crippen molar-refractivity contribution in [1.29, 1.82) is 0 Å². The van der Waals surface area contributed by atoms with Crippen molar-refractivity contribution in [2.45, 2.75) is 6.18 Å². The molecule has 2 aromatic rings. The van der Waals surface area contributed by atoms with Crippen LogP contribution in [0.1, 0.15) is 16.1 Å². The van der Waals surface area contributed by atoms with Gasteiger partial charge in [0.25, 0.3) is 5.91 Å². The molecule has 1 aromatic carbocycles. The first-order valence-corrected chi connectivity index (χ1v) is 6.86. The van der Waals surface area contributed by atoms with Crippen LogP contribution in [0.15, 0.2) is 51.5 Å². The average Bonchev–Trinajstić information content (AvgIpc) is 3.15. The van der Waals surface area contributed by atoms with E-state index in [2.05, 4.69) is 5.10 Å². The van der Waals surface area contributed by atoms with Crippen LogP contribution in [0.25, 0.3) is 17.4 Å². The maximum atomic E-state index is 12.8. The SMILES string of the molecule is O=C1NN=C(C(F)(F)F)/C1=C/c1ccc(-c2ccc(C(=O)O)cc2)o1. The number of hydrogen-bond acceptors (Lipinski definition) is 4. The number of furan rings is 1. The van der Waals surface area contributed by atoms with Gasteiger partial charge < -0.3 is 9.52 Å². The van der Waals surface area contributed by atoms with Crippen molar-refractivity contribution < 1.29 is 32.3 Å². The number of alkyl halides is 3. The van der Waals surface area contributed by atoms with E-state index in [1.54, 1.807) is 5.43 Å². The van der Waals surface area contributed by atoms with Crippen LogP contribution in [0.2, 0.25) is 0 Å². The number of aromatic carboxylic acids is 1. The molecule has 1 amide bonds. The molecule has 25 heavy (non-hydrogen) atoms. The predicted molar refractivity (Wildman–Crippen MR) is 80.7 cm³/mol. The summed E-state index contributed by atoms with van der Waals surface area (Å²) in [5.41, 5.74) is 0.430. The zero-order chi connectivity index (χ0) is 18.2. The standard InChI is InChI=1S/C16H9F3N2O4/c17-16(18,19)13-11(14(22)21-20-13)7-10-5-6-12(25-10)8-1-3-9(4-2-8)15(23)24/h1-7H,(H,21,22)(H,23,24)/b11-7-. The Morgan fingerprint density at radius 2 is 1.84 bits per heavy atom. The molecule has 9 heteroatoms. The topological polar surface area (TPSA) is 91.9 Å². The molecule has 0 atom stereocenters. The molecule has 0 bridgehead atoms. The predicted octanol–water partition coefficient (Wildman–Crippen LogP) is 3.08. The number of carbonyl (C=O) groups excluding carboxylic acids is 1. The van der Waals surface area contributed by atoms with E-state index < -0.39 is 29.3 Å². The van der Waals surface area contributed by atoms with Crippen LogP contribution in [0.4, 0.5) is 13.2 Å². The molecule has 0 saturated carbocycles. The number of carbonyl (C=O) groups is 2. The van der Waals surface area contributed by atoms with E-state index in [1.165, 1.54) is 36.4 Å². The van der Waals surface area contributed by atoms with Gasteiger partial charge in [0.05, 0.1) is 11.1 Å². The van der Waals surface area contributed by atoms with Crippen LogP contribution >= 0.6 is 0 Å². The first-order chi connectivity index (χ1) is 11.8. The number of carboxylic acids is 1. The monoisotopic (exact) mass is 350 g/mol. The van der Waals surface area contributed by atoms with Crippen molar-refractivity contribution in [3.63, 3.8) is 0 Å². The molecule has 0 unspecified atom stereocenters. The van der Waals surface area contributed by atoms with Crippen LogP contribution in [0.3, 0.4) is 0 Å². The van der Waals surface area contributed by atoms with Gasteiger partial charge in [-0.15, -0.1) is 0 Å². The maximum Gasteiger partial charge on any atom is 0.435 e. The van der Waals surface area contributed by atoms with Gasteiger partial charge in [-0.2, -0.15) is 18.3 Å². The van der Waals surface area contributed by atoms with Crippen LogP contribution in [0, 0.1) is 0 Å². The zero-order valence-electron chi connectivity index (χ0n) is 12.3. The molecule has 1 aliphatic heterocycles. The Morgan fingerprint density at radius 3 is 2.44 bits per heavy atom. The Hall–Kier alpha value is -3.36. The molecule has 3 rings (SSSR count). The Bertz CT molecular complexity index is 908. The van der Waals surface area contributed by atoms with Crippen molar-refractivity contribution in [1.82, 2.24) is 5.43 Å². The number of carboxylic acid groups (broad SMARTS) is 1. The molecule has 2 N–H and O–H groups in total. The highest BCUT2D eigenvalue weighted by atomic mass is 19.4. The van der Waals surface area contributed by atoms with Crippen molar-refractivity contribution in [2.75, 3.05) is 0 Å². The Kier molecular flexibility index (Phi) is 3.91. The van der Waals surface area contributed by atoms with Gasteiger partial charge in [0.2, 0.25) is 0 Å². The highest BCUT2D eigenvalue weighted by Gasteiger charge is 2.43. The molecule has 0 radical (unpaired) electrons. The van der Waals surface area contributed by atoms with Crippen LogP contribution in [0.5, 0.6) is 0 Å². The minimum Gasteiger partial charge on any atom is -0.478 e. The van der Waals surface area contributed by atoms with Gasteiger partial charge in [0.15, 0.2) is 5.71 Å². The largest absolute Gasteiger partial charge is 0.478 e. The number of nitrogens with zero attached hydrogens (tertiary/aromatic N) is 1. The fourth-order valence-corrected chi connectivity index (χ4v) is 2.19. The third kappa shape index (κ3) is 3.30. The molecule has 6 nitrogen and oxygen atoms in total. The number of nitrogens with one attached hydrogen (secondary N) is 1. The van der Waals surface area contributed by atoms with Crippen molar-refractivity contribution in [3.05, 3.63) is 53.3 Å². The van der Waals surface area contributed by atoms with Gasteiger partial charge in [-0.25, -0.2) is 10.2 Å². The number of halogens is 3. The van der Waals surface area contributed by atoms with Gasteiger partial charge in [0.1, 0.15) is 11.5 Å². The molecule has 1 aliphatic rings. The quantitative estimate of drug-likeness (QED) is 0.832. The minimum atomic E-state index is -4.77. The molecule has 0 spiro atoms. The van der Waals surface area contributed by atoms with E-state index in [1.807, 2.05) is 0 Å². The highest BCUT2D eigenvalue weighted by Crippen LogP contribution is 2.28. The lowest BCUT2D eigenvalue weighted by atomic mass is 10.1. The molecule has 0 fully saturated rings. The fraction of sp³-hybridized carbons (Fsp3) is 0.0625. The van der Waals surface area contributed by atoms with Crippen LogP contribution in [-0.4, -0.2) is 28.9 Å². The van der Waals surface area contributed by atoms with E-state index in [0.717, 1.165) is 6.08 Å². The first-order valence-electron chi connectivity index (χ1n) is 6.86. The molecule has 2 heterocycles. The summed E-state index contributed by atoms with van der Waals surface area (Å²) in [5, 5.41) is 11.8. The lowest BCUT2D eigenvalue weighted by Crippen LogP contribution is -2.24. The fourth-order valence-electron chi connectivity index (χ4n) is 2.19. The van der Waals surface area contributed by atoms with Gasteiger partial charge >= 0.3 is 12.1 Å². The molecular weight excluding hydrogens is 341 g/mol. The summed E-state index contributed by atoms with van der Waals surface area (Å²) in [6, 6.07) is 8.65. The lowest BCUT2D eigenvalue weighted by molar-refractivity contribution is -0.116. The third-order valence-electron chi connectivity index (χ3n) is 3.37. The molecule has 128 valence electrons. The summed E-state index contributed by atoms with van der Waals surface area (Å²) in [5.74, 6) is -1.72. The summed E-state index contributed by atoms with van der Waals surface area (Å²) in [6.07, 6.45) is -3.82. The summed E-state index contributed by atoms with van der Waals surface area (Å²) >= 11 is 0. The molecule has 1 aromatic heterocycles. The van der Waals surface area contributed by atoms with E-state index >= 15 is 0 Å². The lowest BCUT2D eigenvalue weighted by Gasteiger charge is -2.04. The highest BCUT2D eigenvalue weighted by molar-refractivity contribution is 6.29. The van der Waals surface area contributed by atoms with Gasteiger partial charge in [0, 0.05) is 5.56 Å². The molecular formula is C16H9F3N2O4. The summed E-state index contributed by atoms with van der Waals surface area (Å²) in [6.45, 7) is 0. The first kappa shape index (κ1) is 16.5. The maximum absolute atomic E-state index is 12.8. The summed E-state index contributed by atoms with van der Waals surface area (Å²) < 4.78 is 43.9. The normalized spacial score (nSPS) is 16.0. The number of amides is 1. The number of rotatable bonds is 3. The van der Waals surface area contributed by atoms with Crippen molar-refractivity contribution in [2.24, 2.45) is 5.10 Å². The van der Waals surface area contributed by atoms with Crippen molar-refractivity contribution >= 4 is 23.7 Å². The number of hydrazone groups is 1. The second-order valence-electron chi connectivity index (χ2n) is 5.04. The molecule has 0 saturated heterocycles. The smallest absolute Gasteiger partial charge is 0.435 e. The van der Waals surface area contributed by atoms with E-state index in [0.29, 0.717) is 11.3 Å². The third-order valence-corrected chi connectivity index (χ3v) is 3.37. The van der Waals surface area contributed by atoms with Crippen LogP contribution < -0.4 is 5.43 Å². The summed E-state index contributed by atoms with van der Waals surface area (Å²) in [4.78, 5) is 22.3. The zero-order valence-corrected chi connectivity index (χ0v) is 12.3. The van der Waals surface area contributed by atoms with E-state index in [4.69, 9.17) is 9.52 Å². The Labute approximate surface area is 138 Å². The second kappa shape index (κ2) is 5.93. The van der Waals surface area contributed by atoms with Gasteiger partial charge in [-0.3, -0.25) is 4.79 Å². The minimum absolute atomic E-state index is 0.0290. The van der Waals surface area contributed by atoms with Crippen LogP contribution in [-0.2, 0) is 4.79 Å². The van der Waals surface area contributed by atoms with Crippen molar-refractivity contribution in [3.8, 4) is 11.3 Å². The second-order valence-corrected chi connectivity index (χ2v) is 5.04. The average molecular weight is 350 g/mol. The molecule has 0 aliphatic carbocycles. The van der Waals surface area contributed by atoms with Gasteiger partial charge in [-0.05, 0) is 30.3 Å². The number of benzene rings is 1. The summed E-state index contributed by atoms with van der Waals surface area (Å²) in [7, 11) is 0. The van der Waals surface area contributed by atoms with E-state index in [9.17, 15) is 22.8 Å². The van der Waals surface area contributed by atoms with E-state index in [-0.39, 0.29) is 11.3 Å².